The zero-order valence-corrected chi connectivity index (χ0v) is 42.4. The number of nitrogens with one attached hydrogen (secondary N) is 2. The van der Waals surface area contributed by atoms with Crippen molar-refractivity contribution in [3.8, 4) is 22.6 Å². The lowest BCUT2D eigenvalue weighted by Gasteiger charge is -2.43. The molecule has 4 aliphatic heterocycles. The van der Waals surface area contributed by atoms with E-state index in [-0.39, 0.29) is 84.1 Å². The van der Waals surface area contributed by atoms with Crippen LogP contribution in [0.15, 0.2) is 60.7 Å². The number of benzene rings is 4. The van der Waals surface area contributed by atoms with Crippen molar-refractivity contribution in [3.05, 3.63) is 105 Å². The molecular weight excluding hydrogens is 982 g/mol. The summed E-state index contributed by atoms with van der Waals surface area (Å²) in [5.74, 6) is -2.82. The van der Waals surface area contributed by atoms with E-state index in [9.17, 15) is 24.3 Å². The molecule has 10 rings (SSSR count). The first-order valence-electron chi connectivity index (χ1n) is 25.3. The summed E-state index contributed by atoms with van der Waals surface area (Å²) >= 11 is 13.8. The zero-order valence-electron chi connectivity index (χ0n) is 40.9. The Morgan fingerprint density at radius 1 is 0.932 bits per heavy atom. The van der Waals surface area contributed by atoms with Crippen LogP contribution in [0.5, 0.6) is 11.5 Å². The molecule has 4 aromatic carbocycles. The number of primary amides is 1. The number of likely N-dealkylation sites (tertiary alicyclic amines) is 2. The monoisotopic (exact) mass is 1040 g/mol. The second-order valence-corrected chi connectivity index (χ2v) is 20.9. The number of carbonyl (C=O) groups excluding carboxylic acids is 4. The maximum atomic E-state index is 16.5. The summed E-state index contributed by atoms with van der Waals surface area (Å²) in [7, 11) is 1.82. The van der Waals surface area contributed by atoms with Crippen molar-refractivity contribution in [2.24, 2.45) is 18.7 Å². The highest BCUT2D eigenvalue weighted by Gasteiger charge is 2.50. The van der Waals surface area contributed by atoms with Crippen molar-refractivity contribution >= 4 is 63.7 Å². The largest absolute Gasteiger partial charge is 0.488 e. The Labute approximate surface area is 432 Å². The lowest BCUT2D eigenvalue weighted by Crippen LogP contribution is -2.51. The number of hydrogen-bond acceptors (Lipinski definition) is 10. The molecule has 4 fully saturated rings. The number of piperidine rings is 2. The van der Waals surface area contributed by atoms with Gasteiger partial charge in [-0.3, -0.25) is 29.3 Å². The maximum absolute atomic E-state index is 16.5. The van der Waals surface area contributed by atoms with E-state index in [1.807, 2.05) is 50.4 Å². The molecule has 5 heterocycles. The third-order valence-corrected chi connectivity index (χ3v) is 16.9. The first-order chi connectivity index (χ1) is 35.2. The van der Waals surface area contributed by atoms with Crippen LogP contribution in [0.2, 0.25) is 10.0 Å². The minimum Gasteiger partial charge on any atom is -0.488 e. The Balaban J connectivity index is 0.753. The zero-order chi connectivity index (χ0) is 51.3. The summed E-state index contributed by atoms with van der Waals surface area (Å²) in [5, 5.41) is 21.1. The molecule has 1 saturated carbocycles. The van der Waals surface area contributed by atoms with E-state index >= 15 is 8.78 Å². The van der Waals surface area contributed by atoms with Crippen LogP contribution in [0.25, 0.3) is 22.0 Å². The molecule has 386 valence electrons. The van der Waals surface area contributed by atoms with Gasteiger partial charge in [-0.25, -0.2) is 13.6 Å². The summed E-state index contributed by atoms with van der Waals surface area (Å²) in [6.07, 6.45) is 6.96. The summed E-state index contributed by atoms with van der Waals surface area (Å²) in [6.45, 7) is 5.18. The summed E-state index contributed by atoms with van der Waals surface area (Å²) < 4.78 is 46.4. The molecule has 5 N–H and O–H groups in total. The Kier molecular flexibility index (Phi) is 14.4. The number of imide groups is 1. The Hall–Kier alpha value is -5.85. The fourth-order valence-electron chi connectivity index (χ4n) is 12.2. The molecule has 1 aliphatic carbocycles. The number of nitrogens with zero attached hydrogens (tertiary/aromatic N) is 5. The third kappa shape index (κ3) is 9.40. The number of halogens is 4. The highest BCUT2D eigenvalue weighted by molar-refractivity contribution is 6.36. The fraction of sp³-hybridized carbons (Fsp3) is 0.463. The molecule has 15 nitrogen and oxygen atoms in total. The van der Waals surface area contributed by atoms with Crippen LogP contribution in [0.1, 0.15) is 104 Å². The molecule has 73 heavy (non-hydrogen) atoms. The number of aliphatic hydroxyl groups excluding tert-OH is 1. The van der Waals surface area contributed by atoms with Crippen molar-refractivity contribution < 1.29 is 42.5 Å². The number of carbonyl (C=O) groups is 4. The Morgan fingerprint density at radius 3 is 2.34 bits per heavy atom. The molecule has 0 spiro atoms. The van der Waals surface area contributed by atoms with Crippen molar-refractivity contribution in [1.29, 1.82) is 0 Å². The molecule has 5 aliphatic rings. The van der Waals surface area contributed by atoms with Crippen LogP contribution in [-0.4, -0.2) is 113 Å². The SMILES string of the molecule is CC1c2c(cc(F)c(Cl)c2-c2c(C(N)=O)ccc(OCCO)c2F)OC1(CNC1CCC(C(=O)N2CCC(N3CCC(c4ccc5c(N6CCC(=O)NC6=O)nn(C)c5c4Cl)CC3)CC2)CC1)c1ccccc1. The van der Waals surface area contributed by atoms with Gasteiger partial charge in [-0.15, -0.1) is 0 Å². The quantitative estimate of drug-likeness (QED) is 0.0898. The highest BCUT2D eigenvalue weighted by Crippen LogP contribution is 2.57. The smallest absolute Gasteiger partial charge is 0.329 e. The molecule has 1 aromatic heterocycles. The number of fused-ring (bicyclic) bond motifs is 2. The predicted octanol–water partition coefficient (Wildman–Crippen LogP) is 8.15. The number of nitrogens with two attached hydrogens (primary N) is 1. The summed E-state index contributed by atoms with van der Waals surface area (Å²) in [4.78, 5) is 57.4. The number of urea groups is 1. The van der Waals surface area contributed by atoms with E-state index in [2.05, 4.69) is 31.6 Å². The van der Waals surface area contributed by atoms with E-state index in [0.29, 0.717) is 29.0 Å². The van der Waals surface area contributed by atoms with E-state index in [4.69, 9.17) is 38.4 Å². The van der Waals surface area contributed by atoms with Crippen LogP contribution >= 0.6 is 23.2 Å². The van der Waals surface area contributed by atoms with Gasteiger partial charge < -0.3 is 35.4 Å². The average Bonchev–Trinajstić information content (AvgIpc) is 3.88. The number of ether oxygens (including phenoxy) is 2. The lowest BCUT2D eigenvalue weighted by atomic mass is 9.77. The van der Waals surface area contributed by atoms with Crippen LogP contribution in [0.3, 0.4) is 0 Å². The first kappa shape index (κ1) is 50.7. The lowest BCUT2D eigenvalue weighted by molar-refractivity contribution is -0.138. The van der Waals surface area contributed by atoms with E-state index in [0.717, 1.165) is 99.6 Å². The van der Waals surface area contributed by atoms with Crippen molar-refractivity contribution in [3.63, 3.8) is 0 Å². The minimum atomic E-state index is -1.11. The first-order valence-corrected chi connectivity index (χ1v) is 26.1. The second-order valence-electron chi connectivity index (χ2n) is 20.1. The van der Waals surface area contributed by atoms with Crippen LogP contribution in [0.4, 0.5) is 19.4 Å². The van der Waals surface area contributed by atoms with Crippen LogP contribution in [-0.2, 0) is 22.2 Å². The number of rotatable bonds is 13. The maximum Gasteiger partial charge on any atom is 0.329 e. The second kappa shape index (κ2) is 20.8. The van der Waals surface area contributed by atoms with Gasteiger partial charge >= 0.3 is 6.03 Å². The number of anilines is 1. The van der Waals surface area contributed by atoms with Gasteiger partial charge in [0.25, 0.3) is 0 Å². The molecule has 5 aromatic rings. The minimum absolute atomic E-state index is 0.0552. The molecule has 2 unspecified atom stereocenters. The van der Waals surface area contributed by atoms with Gasteiger partial charge in [-0.05, 0) is 99.7 Å². The van der Waals surface area contributed by atoms with Gasteiger partial charge in [-0.2, -0.15) is 5.10 Å². The molecule has 0 radical (unpaired) electrons. The van der Waals surface area contributed by atoms with Crippen molar-refractivity contribution in [2.75, 3.05) is 57.4 Å². The molecule has 19 heteroatoms. The fourth-order valence-corrected chi connectivity index (χ4v) is 12.9. The van der Waals surface area contributed by atoms with Gasteiger partial charge in [0, 0.05) is 91.7 Å². The number of aromatic nitrogens is 2. The van der Waals surface area contributed by atoms with Crippen molar-refractivity contribution in [2.45, 2.75) is 94.2 Å². The van der Waals surface area contributed by atoms with Crippen LogP contribution in [0, 0.1) is 17.6 Å². The van der Waals surface area contributed by atoms with Crippen molar-refractivity contribution in [1.82, 2.24) is 30.2 Å². The highest BCUT2D eigenvalue weighted by atomic mass is 35.5. The Morgan fingerprint density at radius 2 is 1.66 bits per heavy atom. The van der Waals surface area contributed by atoms with Gasteiger partial charge in [0.15, 0.2) is 23.0 Å². The van der Waals surface area contributed by atoms with Gasteiger partial charge in [0.1, 0.15) is 18.2 Å². The standard InChI is InChI=1S/C54H60Cl2F2N8O7/c1-30-43-41(28-39(57)47(56)45(43)44-37(50(59)69)14-15-40(48(44)58)72-27-26-67)73-54(30,33-6-4-3-5-7-33)29-60-34-10-8-32(9-11-34)52(70)65-23-18-35(19-24-65)64-21-16-31(17-22-64)36-12-13-38-49(46(36)55)63(2)62-51(38)66-25-20-42(68)61-53(66)71/h3-7,12-15,28,30-32,34-35,60,67H,8-11,16-27,29H2,1-2H3,(H2,59,69)(H,61,68,71). The van der Waals surface area contributed by atoms with Gasteiger partial charge in [0.05, 0.1) is 27.7 Å². The number of aliphatic hydroxyl groups is 1. The van der Waals surface area contributed by atoms with Gasteiger partial charge in [-0.1, -0.05) is 66.5 Å². The average molecular weight is 1040 g/mol. The number of amides is 5. The molecule has 3 saturated heterocycles. The molecule has 0 bridgehead atoms. The van der Waals surface area contributed by atoms with E-state index < -0.39 is 40.1 Å². The number of hydrogen-bond donors (Lipinski definition) is 4. The summed E-state index contributed by atoms with van der Waals surface area (Å²) in [5.41, 5.74) is 7.13. The van der Waals surface area contributed by atoms with E-state index in [1.165, 1.54) is 23.1 Å². The predicted molar refractivity (Wildman–Crippen MR) is 273 cm³/mol. The van der Waals surface area contributed by atoms with Crippen LogP contribution < -0.4 is 30.7 Å². The number of aryl methyl sites for hydroxylation is 1. The Bertz CT molecular complexity index is 2960. The topological polar surface area (TPSA) is 185 Å². The van der Waals surface area contributed by atoms with E-state index in [1.54, 1.807) is 4.68 Å². The normalized spacial score (nSPS) is 23.1. The third-order valence-electron chi connectivity index (χ3n) is 16.1. The van der Waals surface area contributed by atoms with Gasteiger partial charge in [0.2, 0.25) is 17.7 Å². The molecule has 5 amide bonds. The molecule has 2 atom stereocenters. The molecular formula is C54H60Cl2F2N8O7. The summed E-state index contributed by atoms with van der Waals surface area (Å²) in [6, 6.07) is 17.3.